The number of carbonyl (C=O) groups excluding carboxylic acids is 2. The molecule has 126 valence electrons. The van der Waals surface area contributed by atoms with Crippen LogP contribution in [0.4, 0.5) is 5.69 Å². The van der Waals surface area contributed by atoms with Crippen molar-refractivity contribution in [1.82, 2.24) is 0 Å². The van der Waals surface area contributed by atoms with Gasteiger partial charge in [0.2, 0.25) is 11.8 Å². The highest BCUT2D eigenvalue weighted by molar-refractivity contribution is 6.07. The van der Waals surface area contributed by atoms with Crippen molar-refractivity contribution in [2.75, 3.05) is 13.2 Å². The summed E-state index contributed by atoms with van der Waals surface area (Å²) < 4.78 is 9.82. The van der Waals surface area contributed by atoms with Crippen molar-refractivity contribution in [1.29, 1.82) is 0 Å². The van der Waals surface area contributed by atoms with Crippen molar-refractivity contribution >= 4 is 17.4 Å². The Morgan fingerprint density at radius 1 is 1.30 bits per heavy atom. The summed E-state index contributed by atoms with van der Waals surface area (Å²) in [5.41, 5.74) is -1.31. The number of ketones is 1. The van der Waals surface area contributed by atoms with Crippen LogP contribution in [0.3, 0.4) is 0 Å². The lowest BCUT2D eigenvalue weighted by molar-refractivity contribution is -0.152. The summed E-state index contributed by atoms with van der Waals surface area (Å²) in [6.07, 6.45) is -1.31. The summed E-state index contributed by atoms with van der Waals surface area (Å²) in [4.78, 5) is 23.6. The maximum atomic E-state index is 11.9. The Morgan fingerprint density at radius 3 is 2.39 bits per heavy atom. The first-order chi connectivity index (χ1) is 10.8. The number of aliphatic hydroxyl groups excluding tert-OH is 2. The van der Waals surface area contributed by atoms with Crippen LogP contribution in [-0.2, 0) is 14.3 Å². The van der Waals surface area contributed by atoms with Gasteiger partial charge in [0.25, 0.3) is 0 Å². The predicted molar refractivity (Wildman–Crippen MR) is 80.4 cm³/mol. The second kappa shape index (κ2) is 8.35. The zero-order valence-corrected chi connectivity index (χ0v) is 13.2. The number of hydrogen-bond donors (Lipinski definition) is 2. The number of hydrogen-bond acceptors (Lipinski definition) is 8. The molecule has 0 aliphatic rings. The molecule has 23 heavy (non-hydrogen) atoms. The Bertz CT molecular complexity index is 572. The van der Waals surface area contributed by atoms with Crippen LogP contribution in [0.5, 0.6) is 5.75 Å². The minimum absolute atomic E-state index is 0.135. The van der Waals surface area contributed by atoms with Gasteiger partial charge in [-0.25, -0.2) is 4.79 Å². The Labute approximate surface area is 133 Å². The number of ether oxygens (including phenoxy) is 2. The molecule has 8 heteroatoms. The topological polar surface area (TPSA) is 118 Å². The number of rotatable bonds is 8. The predicted octanol–water partition coefficient (Wildman–Crippen LogP) is 1.37. The summed E-state index contributed by atoms with van der Waals surface area (Å²) in [6, 6.07) is 6.05. The lowest BCUT2D eigenvalue weighted by Crippen LogP contribution is -2.41. The van der Waals surface area contributed by atoms with Crippen molar-refractivity contribution < 1.29 is 29.3 Å². The van der Waals surface area contributed by atoms with E-state index in [1.54, 1.807) is 6.92 Å². The third kappa shape index (κ3) is 5.11. The molecule has 0 aromatic heterocycles. The molecule has 0 bridgehead atoms. The summed E-state index contributed by atoms with van der Waals surface area (Å²) in [5, 5.41) is 25.5. The molecule has 0 amide bonds. The van der Waals surface area contributed by atoms with E-state index in [-0.39, 0.29) is 6.61 Å². The molecule has 0 heterocycles. The number of nitrogens with zero attached hydrogens (tertiary/aromatic N) is 2. The standard InChI is InChI=1S/C15H20N2O6/c1-4-22-14(21)15(3,10(2)19)17-16-11-5-7-12(8-6-11)23-13(20)9-18/h5-8,13,18,20H,4,9H2,1-3H3. The van der Waals surface area contributed by atoms with E-state index in [1.807, 2.05) is 0 Å². The van der Waals surface area contributed by atoms with E-state index in [0.29, 0.717) is 11.4 Å². The number of carbonyl (C=O) groups is 2. The number of esters is 1. The quantitative estimate of drug-likeness (QED) is 0.323. The first-order valence-corrected chi connectivity index (χ1v) is 7.00. The van der Waals surface area contributed by atoms with Crippen LogP contribution < -0.4 is 4.74 Å². The van der Waals surface area contributed by atoms with Gasteiger partial charge in [0.05, 0.1) is 12.3 Å². The third-order valence-electron chi connectivity index (χ3n) is 2.99. The van der Waals surface area contributed by atoms with Crippen LogP contribution >= 0.6 is 0 Å². The molecule has 0 radical (unpaired) electrons. The van der Waals surface area contributed by atoms with Gasteiger partial charge in [0.1, 0.15) is 12.4 Å². The zero-order chi connectivity index (χ0) is 17.5. The fourth-order valence-corrected chi connectivity index (χ4v) is 1.47. The molecule has 2 unspecified atom stereocenters. The molecular formula is C15H20N2O6. The summed E-state index contributed by atoms with van der Waals surface area (Å²) in [6.45, 7) is 3.82. The highest BCUT2D eigenvalue weighted by Gasteiger charge is 2.40. The van der Waals surface area contributed by atoms with E-state index < -0.39 is 30.2 Å². The SMILES string of the molecule is CCOC(=O)C(C)(N=Nc1ccc(OC(O)CO)cc1)C(C)=O. The minimum Gasteiger partial charge on any atom is -0.464 e. The highest BCUT2D eigenvalue weighted by atomic mass is 16.6. The van der Waals surface area contributed by atoms with Crippen molar-refractivity contribution in [3.8, 4) is 5.75 Å². The van der Waals surface area contributed by atoms with Gasteiger partial charge in [0, 0.05) is 0 Å². The molecule has 0 saturated heterocycles. The van der Waals surface area contributed by atoms with Crippen molar-refractivity contribution in [2.24, 2.45) is 10.2 Å². The molecular weight excluding hydrogens is 304 g/mol. The smallest absolute Gasteiger partial charge is 0.343 e. The van der Waals surface area contributed by atoms with Crippen LogP contribution in [0.15, 0.2) is 34.5 Å². The lowest BCUT2D eigenvalue weighted by atomic mass is 9.99. The van der Waals surface area contributed by atoms with Gasteiger partial charge < -0.3 is 19.7 Å². The number of Topliss-reactive ketones (excluding diaryl/α,β-unsaturated/α-hetero) is 1. The van der Waals surface area contributed by atoms with Gasteiger partial charge in [-0.2, -0.15) is 10.2 Å². The van der Waals surface area contributed by atoms with Crippen LogP contribution in [0.2, 0.25) is 0 Å². The Balaban J connectivity index is 2.89. The average molecular weight is 324 g/mol. The van der Waals surface area contributed by atoms with Crippen molar-refractivity contribution in [2.45, 2.75) is 32.6 Å². The Morgan fingerprint density at radius 2 is 1.91 bits per heavy atom. The third-order valence-corrected chi connectivity index (χ3v) is 2.99. The van der Waals surface area contributed by atoms with Crippen LogP contribution in [0.1, 0.15) is 20.8 Å². The van der Waals surface area contributed by atoms with Gasteiger partial charge in [-0.15, -0.1) is 0 Å². The zero-order valence-electron chi connectivity index (χ0n) is 13.2. The van der Waals surface area contributed by atoms with Crippen molar-refractivity contribution in [3.05, 3.63) is 24.3 Å². The van der Waals surface area contributed by atoms with Gasteiger partial charge >= 0.3 is 5.97 Å². The number of aliphatic hydroxyl groups is 2. The van der Waals surface area contributed by atoms with Crippen molar-refractivity contribution in [3.63, 3.8) is 0 Å². The first-order valence-electron chi connectivity index (χ1n) is 7.00. The van der Waals surface area contributed by atoms with E-state index in [9.17, 15) is 9.59 Å². The molecule has 0 saturated carbocycles. The van der Waals surface area contributed by atoms with E-state index in [4.69, 9.17) is 19.7 Å². The Hall–Kier alpha value is -2.32. The van der Waals surface area contributed by atoms with E-state index >= 15 is 0 Å². The molecule has 0 spiro atoms. The second-order valence-corrected chi connectivity index (χ2v) is 4.80. The molecule has 1 rings (SSSR count). The normalized spacial score (nSPS) is 15.0. The highest BCUT2D eigenvalue weighted by Crippen LogP contribution is 2.22. The van der Waals surface area contributed by atoms with Gasteiger partial charge in [-0.1, -0.05) is 0 Å². The largest absolute Gasteiger partial charge is 0.464 e. The van der Waals surface area contributed by atoms with Crippen LogP contribution in [0.25, 0.3) is 0 Å². The van der Waals surface area contributed by atoms with E-state index in [2.05, 4.69) is 10.2 Å². The maximum Gasteiger partial charge on any atom is 0.343 e. The summed E-state index contributed by atoms with van der Waals surface area (Å²) in [7, 11) is 0. The molecule has 0 fully saturated rings. The monoisotopic (exact) mass is 324 g/mol. The van der Waals surface area contributed by atoms with Crippen LogP contribution in [0, 0.1) is 0 Å². The molecule has 1 aromatic carbocycles. The van der Waals surface area contributed by atoms with Gasteiger partial charge in [-0.05, 0) is 45.0 Å². The Kier molecular flexibility index (Phi) is 6.80. The molecule has 2 N–H and O–H groups in total. The fraction of sp³-hybridized carbons (Fsp3) is 0.467. The van der Waals surface area contributed by atoms with Gasteiger partial charge in [-0.3, -0.25) is 4.79 Å². The maximum absolute atomic E-state index is 11.9. The fourth-order valence-electron chi connectivity index (χ4n) is 1.47. The molecule has 0 aliphatic carbocycles. The first kappa shape index (κ1) is 18.7. The second-order valence-electron chi connectivity index (χ2n) is 4.80. The summed E-state index contributed by atoms with van der Waals surface area (Å²) >= 11 is 0. The molecule has 1 aromatic rings. The van der Waals surface area contributed by atoms with Gasteiger partial charge in [0.15, 0.2) is 5.78 Å². The molecule has 0 aliphatic heterocycles. The van der Waals surface area contributed by atoms with Crippen LogP contribution in [-0.4, -0.2) is 47.0 Å². The lowest BCUT2D eigenvalue weighted by Gasteiger charge is -2.18. The molecule has 2 atom stereocenters. The average Bonchev–Trinajstić information content (AvgIpc) is 2.53. The number of azo groups is 1. The number of benzene rings is 1. The molecule has 8 nitrogen and oxygen atoms in total. The minimum atomic E-state index is -1.70. The van der Waals surface area contributed by atoms with E-state index in [0.717, 1.165) is 0 Å². The summed E-state index contributed by atoms with van der Waals surface area (Å²) in [5.74, 6) is -0.918. The van der Waals surface area contributed by atoms with E-state index in [1.165, 1.54) is 38.1 Å².